The van der Waals surface area contributed by atoms with Crippen LogP contribution in [-0.4, -0.2) is 17.4 Å². The van der Waals surface area contributed by atoms with Crippen LogP contribution in [0.15, 0.2) is 24.3 Å². The van der Waals surface area contributed by atoms with Crippen LogP contribution in [-0.2, 0) is 11.2 Å². The lowest BCUT2D eigenvalue weighted by molar-refractivity contribution is -0.153. The molecule has 0 spiro atoms. The fourth-order valence-corrected chi connectivity index (χ4v) is 1.01. The van der Waals surface area contributed by atoms with Crippen molar-refractivity contribution in [3.05, 3.63) is 29.8 Å². The Morgan fingerprint density at radius 2 is 2.36 bits per heavy atom. The summed E-state index contributed by atoms with van der Waals surface area (Å²) in [6.07, 6.45) is -1.51. The molecule has 76 valence electrons. The number of carboxylic acid groups (broad SMARTS) is 1. The van der Waals surface area contributed by atoms with Gasteiger partial charge < -0.3 is 9.84 Å². The van der Waals surface area contributed by atoms with Gasteiger partial charge in [-0.2, -0.15) is 4.39 Å². The number of rotatable bonds is 4. The molecular weight excluding hydrogens is 187 g/mol. The third kappa shape index (κ3) is 2.73. The maximum Gasteiger partial charge on any atom is 0.378 e. The van der Waals surface area contributed by atoms with Crippen LogP contribution in [0.1, 0.15) is 12.5 Å². The van der Waals surface area contributed by atoms with Crippen molar-refractivity contribution >= 4 is 5.97 Å². The summed E-state index contributed by atoms with van der Waals surface area (Å²) in [5, 5.41) is 8.27. The summed E-state index contributed by atoms with van der Waals surface area (Å²) in [4.78, 5) is 10.2. The van der Waals surface area contributed by atoms with E-state index in [2.05, 4.69) is 4.74 Å². The van der Waals surface area contributed by atoms with Gasteiger partial charge in [0, 0.05) is 0 Å². The Kier molecular flexibility index (Phi) is 3.45. The van der Waals surface area contributed by atoms with Crippen LogP contribution >= 0.6 is 0 Å². The van der Waals surface area contributed by atoms with Gasteiger partial charge in [0.25, 0.3) is 0 Å². The summed E-state index contributed by atoms with van der Waals surface area (Å²) in [5.74, 6) is -1.38. The second-order valence-corrected chi connectivity index (χ2v) is 2.77. The fraction of sp³-hybridized carbons (Fsp3) is 0.300. The smallest absolute Gasteiger partial charge is 0.378 e. The van der Waals surface area contributed by atoms with Gasteiger partial charge in [-0.1, -0.05) is 19.1 Å². The van der Waals surface area contributed by atoms with Crippen molar-refractivity contribution in [3.8, 4) is 5.75 Å². The summed E-state index contributed by atoms with van der Waals surface area (Å²) in [6, 6.07) is 6.70. The van der Waals surface area contributed by atoms with Gasteiger partial charge in [0.15, 0.2) is 0 Å². The topological polar surface area (TPSA) is 46.5 Å². The lowest BCUT2D eigenvalue weighted by atomic mass is 10.2. The van der Waals surface area contributed by atoms with E-state index in [0.717, 1.165) is 12.0 Å². The van der Waals surface area contributed by atoms with E-state index in [0.29, 0.717) is 0 Å². The van der Waals surface area contributed by atoms with Crippen LogP contribution in [0.4, 0.5) is 4.39 Å². The Bertz CT molecular complexity index is 325. The summed E-state index contributed by atoms with van der Waals surface area (Å²) < 4.78 is 17.2. The van der Waals surface area contributed by atoms with Gasteiger partial charge in [-0.3, -0.25) is 0 Å². The number of aliphatic carboxylic acids is 1. The number of benzene rings is 1. The average molecular weight is 198 g/mol. The summed E-state index contributed by atoms with van der Waals surface area (Å²) >= 11 is 0. The van der Waals surface area contributed by atoms with E-state index in [1.807, 2.05) is 13.0 Å². The zero-order chi connectivity index (χ0) is 10.6. The highest BCUT2D eigenvalue weighted by Crippen LogP contribution is 2.15. The first-order valence-electron chi connectivity index (χ1n) is 4.26. The van der Waals surface area contributed by atoms with Crippen molar-refractivity contribution in [3.63, 3.8) is 0 Å². The Labute approximate surface area is 81.1 Å². The number of alkyl halides is 1. The first kappa shape index (κ1) is 10.5. The molecule has 3 nitrogen and oxygen atoms in total. The van der Waals surface area contributed by atoms with E-state index in [9.17, 15) is 9.18 Å². The van der Waals surface area contributed by atoms with Gasteiger partial charge in [0.1, 0.15) is 5.75 Å². The van der Waals surface area contributed by atoms with Crippen molar-refractivity contribution in [2.75, 3.05) is 0 Å². The maximum atomic E-state index is 12.6. The van der Waals surface area contributed by atoms with Gasteiger partial charge in [0.2, 0.25) is 0 Å². The molecule has 0 aromatic heterocycles. The first-order valence-corrected chi connectivity index (χ1v) is 4.26. The summed E-state index contributed by atoms with van der Waals surface area (Å²) in [7, 11) is 0. The first-order chi connectivity index (χ1) is 6.63. The number of carbonyl (C=O) groups is 1. The van der Waals surface area contributed by atoms with Crippen molar-refractivity contribution in [2.45, 2.75) is 19.7 Å². The van der Waals surface area contributed by atoms with E-state index in [1.54, 1.807) is 12.1 Å². The van der Waals surface area contributed by atoms with Gasteiger partial charge >= 0.3 is 12.3 Å². The zero-order valence-electron chi connectivity index (χ0n) is 7.74. The van der Waals surface area contributed by atoms with Crippen LogP contribution in [0.2, 0.25) is 0 Å². The van der Waals surface area contributed by atoms with E-state index in [4.69, 9.17) is 5.11 Å². The summed E-state index contributed by atoms with van der Waals surface area (Å²) in [6.45, 7) is 1.95. The van der Waals surface area contributed by atoms with Gasteiger partial charge in [0.05, 0.1) is 0 Å². The number of hydrogen-bond acceptors (Lipinski definition) is 2. The molecule has 0 aliphatic heterocycles. The third-order valence-corrected chi connectivity index (χ3v) is 1.74. The molecule has 0 heterocycles. The molecule has 1 unspecified atom stereocenters. The molecule has 0 amide bonds. The highest BCUT2D eigenvalue weighted by molar-refractivity contribution is 5.70. The van der Waals surface area contributed by atoms with Crippen LogP contribution in [0, 0.1) is 0 Å². The van der Waals surface area contributed by atoms with Crippen molar-refractivity contribution in [1.29, 1.82) is 0 Å². The van der Waals surface area contributed by atoms with Crippen LogP contribution in [0.5, 0.6) is 5.75 Å². The minimum atomic E-state index is -2.30. The van der Waals surface area contributed by atoms with E-state index >= 15 is 0 Å². The second kappa shape index (κ2) is 4.60. The lowest BCUT2D eigenvalue weighted by Crippen LogP contribution is -2.21. The number of halogens is 1. The third-order valence-electron chi connectivity index (χ3n) is 1.74. The predicted molar refractivity (Wildman–Crippen MR) is 49.0 cm³/mol. The molecular formula is C10H11FO3. The highest BCUT2D eigenvalue weighted by atomic mass is 19.1. The number of hydrogen-bond donors (Lipinski definition) is 1. The van der Waals surface area contributed by atoms with Crippen molar-refractivity contribution < 1.29 is 19.0 Å². The number of ether oxygens (including phenoxy) is 1. The zero-order valence-corrected chi connectivity index (χ0v) is 7.74. The van der Waals surface area contributed by atoms with E-state index < -0.39 is 12.3 Å². The lowest BCUT2D eigenvalue weighted by Gasteiger charge is -2.07. The normalized spacial score (nSPS) is 12.1. The molecule has 1 N–H and O–H groups in total. The molecule has 0 aliphatic carbocycles. The molecule has 0 radical (unpaired) electrons. The molecule has 4 heteroatoms. The number of carboxylic acids is 1. The molecule has 0 saturated carbocycles. The van der Waals surface area contributed by atoms with E-state index in [-0.39, 0.29) is 5.75 Å². The minimum Gasteiger partial charge on any atom is -0.476 e. The fourth-order valence-electron chi connectivity index (χ4n) is 1.01. The molecule has 14 heavy (non-hydrogen) atoms. The number of aryl methyl sites for hydroxylation is 1. The molecule has 1 atom stereocenters. The highest BCUT2D eigenvalue weighted by Gasteiger charge is 2.16. The van der Waals surface area contributed by atoms with Crippen LogP contribution < -0.4 is 4.74 Å². The standard InChI is InChI=1S/C10H11FO3/c1-2-7-4-3-5-8(6-7)14-9(11)10(12)13/h3-6,9H,2H2,1H3,(H,12,13). The Morgan fingerprint density at radius 1 is 1.64 bits per heavy atom. The van der Waals surface area contributed by atoms with E-state index in [1.165, 1.54) is 6.07 Å². The molecule has 0 saturated heterocycles. The van der Waals surface area contributed by atoms with Gasteiger partial charge in [-0.25, -0.2) is 4.79 Å². The predicted octanol–water partition coefficient (Wildman–Crippen LogP) is 2.01. The SMILES string of the molecule is CCc1cccc(OC(F)C(=O)O)c1. The molecule has 0 bridgehead atoms. The average Bonchev–Trinajstić information content (AvgIpc) is 2.18. The Balaban J connectivity index is 2.71. The van der Waals surface area contributed by atoms with Gasteiger partial charge in [-0.15, -0.1) is 0 Å². The molecule has 0 aliphatic rings. The molecule has 0 fully saturated rings. The van der Waals surface area contributed by atoms with Crippen molar-refractivity contribution in [1.82, 2.24) is 0 Å². The van der Waals surface area contributed by atoms with Crippen LogP contribution in [0.3, 0.4) is 0 Å². The maximum absolute atomic E-state index is 12.6. The molecule has 1 aromatic carbocycles. The van der Waals surface area contributed by atoms with Gasteiger partial charge in [-0.05, 0) is 24.1 Å². The Morgan fingerprint density at radius 3 is 2.93 bits per heavy atom. The second-order valence-electron chi connectivity index (χ2n) is 2.77. The summed E-state index contributed by atoms with van der Waals surface area (Å²) in [5.41, 5.74) is 0.972. The van der Waals surface area contributed by atoms with Crippen LogP contribution in [0.25, 0.3) is 0 Å². The van der Waals surface area contributed by atoms with Crippen molar-refractivity contribution in [2.24, 2.45) is 0 Å². The Hall–Kier alpha value is -1.58. The quantitative estimate of drug-likeness (QED) is 0.804. The molecule has 1 aromatic rings. The molecule has 1 rings (SSSR count). The monoisotopic (exact) mass is 198 g/mol. The largest absolute Gasteiger partial charge is 0.476 e. The minimum absolute atomic E-state index is 0.235.